The molecule has 1 atom stereocenters. The summed E-state index contributed by atoms with van der Waals surface area (Å²) < 4.78 is 6.98. The van der Waals surface area contributed by atoms with Crippen LogP contribution in [0.1, 0.15) is 30.4 Å². The SMILES string of the molecule is C=CCON1C(=O)N2CC(n3ccc(N(C(=O)OC(C)(C)C)C(=O)c4cncs4)n3)=CC1C2. The minimum absolute atomic E-state index is 0.0996. The molecule has 1 saturated heterocycles. The summed E-state index contributed by atoms with van der Waals surface area (Å²) in [6, 6.07) is 1.02. The fourth-order valence-corrected chi connectivity index (χ4v) is 3.98. The lowest BCUT2D eigenvalue weighted by molar-refractivity contribution is -0.107. The van der Waals surface area contributed by atoms with E-state index >= 15 is 0 Å². The van der Waals surface area contributed by atoms with Gasteiger partial charge in [-0.05, 0) is 26.8 Å². The molecule has 0 radical (unpaired) electrons. The van der Waals surface area contributed by atoms with Crippen LogP contribution in [0, 0.1) is 0 Å². The summed E-state index contributed by atoms with van der Waals surface area (Å²) in [4.78, 5) is 50.7. The van der Waals surface area contributed by atoms with Gasteiger partial charge in [0.25, 0.3) is 5.91 Å². The lowest BCUT2D eigenvalue weighted by Crippen LogP contribution is -2.41. The highest BCUT2D eigenvalue weighted by atomic mass is 32.1. The zero-order valence-electron chi connectivity index (χ0n) is 18.5. The fraction of sp³-hybridized carbons (Fsp3) is 0.381. The molecule has 0 aliphatic carbocycles. The molecule has 0 saturated carbocycles. The molecule has 174 valence electrons. The third kappa shape index (κ3) is 4.66. The minimum Gasteiger partial charge on any atom is -0.443 e. The van der Waals surface area contributed by atoms with E-state index in [-0.39, 0.29) is 29.4 Å². The molecule has 11 nitrogen and oxygen atoms in total. The Kier molecular flexibility index (Phi) is 6.04. The van der Waals surface area contributed by atoms with Crippen LogP contribution in [0.5, 0.6) is 0 Å². The maximum absolute atomic E-state index is 13.1. The number of imide groups is 1. The number of amides is 4. The van der Waals surface area contributed by atoms with Crippen LogP contribution in [0.15, 0.2) is 42.7 Å². The number of fused-ring (bicyclic) bond motifs is 2. The van der Waals surface area contributed by atoms with Gasteiger partial charge < -0.3 is 9.64 Å². The third-order valence-corrected chi connectivity index (χ3v) is 5.52. The second-order valence-corrected chi connectivity index (χ2v) is 9.29. The van der Waals surface area contributed by atoms with Crippen molar-refractivity contribution in [3.8, 4) is 0 Å². The Balaban J connectivity index is 1.62. The van der Waals surface area contributed by atoms with Gasteiger partial charge in [0.05, 0.1) is 36.6 Å². The van der Waals surface area contributed by atoms with Crippen LogP contribution in [0.4, 0.5) is 15.4 Å². The average Bonchev–Trinajstić information content (AvgIpc) is 3.48. The van der Waals surface area contributed by atoms with E-state index in [1.165, 1.54) is 21.5 Å². The van der Waals surface area contributed by atoms with E-state index in [0.29, 0.717) is 18.8 Å². The molecule has 0 spiro atoms. The quantitative estimate of drug-likeness (QED) is 0.595. The van der Waals surface area contributed by atoms with Crippen LogP contribution < -0.4 is 4.90 Å². The fourth-order valence-electron chi connectivity index (χ4n) is 3.43. The Morgan fingerprint density at radius 2 is 2.18 bits per heavy atom. The van der Waals surface area contributed by atoms with Crippen molar-refractivity contribution in [2.75, 3.05) is 24.6 Å². The summed E-state index contributed by atoms with van der Waals surface area (Å²) in [6.07, 6.45) is 5.63. The second-order valence-electron chi connectivity index (χ2n) is 8.40. The highest BCUT2D eigenvalue weighted by Crippen LogP contribution is 2.28. The van der Waals surface area contributed by atoms with Gasteiger partial charge in [-0.1, -0.05) is 6.08 Å². The summed E-state index contributed by atoms with van der Waals surface area (Å²) in [5.74, 6) is -0.486. The van der Waals surface area contributed by atoms with Gasteiger partial charge in [0.15, 0.2) is 5.82 Å². The Bertz CT molecular complexity index is 1100. The highest BCUT2D eigenvalue weighted by molar-refractivity contribution is 7.11. The Hall–Kier alpha value is -3.51. The molecule has 1 unspecified atom stereocenters. The largest absolute Gasteiger partial charge is 0.443 e. The zero-order chi connectivity index (χ0) is 23.8. The number of rotatable bonds is 6. The molecule has 4 amide bonds. The zero-order valence-corrected chi connectivity index (χ0v) is 19.3. The van der Waals surface area contributed by atoms with Crippen molar-refractivity contribution >= 4 is 40.9 Å². The maximum atomic E-state index is 13.1. The summed E-state index contributed by atoms with van der Waals surface area (Å²) >= 11 is 1.11. The molecule has 2 aliphatic rings. The standard InChI is InChI=1S/C21H24N6O5S/c1-5-8-31-27-15-9-14(11-24(12-15)19(27)29)25-7-6-17(23-25)26(20(30)32-21(2,3)4)18(28)16-10-22-13-33-16/h5-7,9-10,13,15H,1,8,11-12H2,2-4H3. The first-order chi connectivity index (χ1) is 15.7. The molecule has 1 fully saturated rings. The molecule has 4 rings (SSSR count). The Morgan fingerprint density at radius 3 is 2.85 bits per heavy atom. The monoisotopic (exact) mass is 472 g/mol. The van der Waals surface area contributed by atoms with Crippen molar-refractivity contribution in [3.63, 3.8) is 0 Å². The first-order valence-electron chi connectivity index (χ1n) is 10.2. The van der Waals surface area contributed by atoms with Gasteiger partial charge in [-0.3, -0.25) is 14.6 Å². The number of ether oxygens (including phenoxy) is 1. The van der Waals surface area contributed by atoms with Crippen molar-refractivity contribution in [3.05, 3.63) is 47.6 Å². The van der Waals surface area contributed by atoms with E-state index in [1.54, 1.807) is 44.0 Å². The van der Waals surface area contributed by atoms with Gasteiger partial charge >= 0.3 is 12.1 Å². The summed E-state index contributed by atoms with van der Waals surface area (Å²) in [5.41, 5.74) is 1.41. The predicted octanol–water partition coefficient (Wildman–Crippen LogP) is 3.00. The highest BCUT2D eigenvalue weighted by Gasteiger charge is 2.41. The molecule has 4 heterocycles. The first kappa shape index (κ1) is 22.7. The molecule has 2 bridgehead atoms. The van der Waals surface area contributed by atoms with E-state index in [2.05, 4.69) is 16.7 Å². The summed E-state index contributed by atoms with van der Waals surface area (Å²) in [6.45, 7) is 9.77. The van der Waals surface area contributed by atoms with Gasteiger partial charge in [0, 0.05) is 18.8 Å². The van der Waals surface area contributed by atoms with Crippen molar-refractivity contribution in [1.29, 1.82) is 0 Å². The molecule has 0 aromatic carbocycles. The number of urea groups is 1. The molecule has 12 heteroatoms. The van der Waals surface area contributed by atoms with Gasteiger partial charge in [-0.25, -0.2) is 14.3 Å². The van der Waals surface area contributed by atoms with Crippen molar-refractivity contribution in [1.82, 2.24) is 24.7 Å². The lowest BCUT2D eigenvalue weighted by Gasteiger charge is -2.24. The van der Waals surface area contributed by atoms with E-state index in [9.17, 15) is 14.4 Å². The number of carbonyl (C=O) groups excluding carboxylic acids is 3. The molecule has 2 aliphatic heterocycles. The molecule has 0 N–H and O–H groups in total. The maximum Gasteiger partial charge on any atom is 0.423 e. The number of hydroxylamine groups is 2. The number of aromatic nitrogens is 3. The number of nitrogens with zero attached hydrogens (tertiary/aromatic N) is 6. The van der Waals surface area contributed by atoms with E-state index in [1.807, 2.05) is 6.08 Å². The third-order valence-electron chi connectivity index (χ3n) is 4.76. The van der Waals surface area contributed by atoms with Gasteiger partial charge in [0.2, 0.25) is 0 Å². The normalized spacial score (nSPS) is 17.7. The molecule has 2 aromatic heterocycles. The van der Waals surface area contributed by atoms with Crippen LogP contribution in [-0.2, 0) is 9.57 Å². The van der Waals surface area contributed by atoms with Gasteiger partial charge in [-0.15, -0.1) is 23.0 Å². The molecule has 33 heavy (non-hydrogen) atoms. The van der Waals surface area contributed by atoms with E-state index in [0.717, 1.165) is 16.2 Å². The predicted molar refractivity (Wildman–Crippen MR) is 120 cm³/mol. The van der Waals surface area contributed by atoms with Crippen molar-refractivity contribution < 1.29 is 24.0 Å². The second kappa shape index (κ2) is 8.79. The molecular weight excluding hydrogens is 448 g/mol. The van der Waals surface area contributed by atoms with Crippen molar-refractivity contribution in [2.45, 2.75) is 32.4 Å². The topological polar surface area (TPSA) is 110 Å². The minimum atomic E-state index is -0.841. The Labute approximate surface area is 194 Å². The van der Waals surface area contributed by atoms with E-state index in [4.69, 9.17) is 9.57 Å². The number of anilines is 1. The number of thiazole rings is 1. The van der Waals surface area contributed by atoms with Crippen LogP contribution in [0.25, 0.3) is 5.70 Å². The average molecular weight is 473 g/mol. The van der Waals surface area contributed by atoms with Gasteiger partial charge in [0.1, 0.15) is 10.5 Å². The van der Waals surface area contributed by atoms with Gasteiger partial charge in [-0.2, -0.15) is 9.96 Å². The van der Waals surface area contributed by atoms with Crippen molar-refractivity contribution in [2.24, 2.45) is 0 Å². The lowest BCUT2D eigenvalue weighted by atomic mass is 10.2. The Morgan fingerprint density at radius 1 is 1.39 bits per heavy atom. The molecular formula is C21H24N6O5S. The first-order valence-corrected chi connectivity index (χ1v) is 11.1. The summed E-state index contributed by atoms with van der Waals surface area (Å²) in [5, 5.41) is 5.77. The number of hydrogen-bond donors (Lipinski definition) is 0. The van der Waals surface area contributed by atoms with Crippen LogP contribution in [0.2, 0.25) is 0 Å². The number of hydrogen-bond acceptors (Lipinski definition) is 8. The van der Waals surface area contributed by atoms with Crippen LogP contribution in [0.3, 0.4) is 0 Å². The molecule has 2 aromatic rings. The smallest absolute Gasteiger partial charge is 0.423 e. The summed E-state index contributed by atoms with van der Waals surface area (Å²) in [7, 11) is 0. The number of carbonyl (C=O) groups is 3. The van der Waals surface area contributed by atoms with E-state index < -0.39 is 17.6 Å². The van der Waals surface area contributed by atoms with Crippen LogP contribution in [-0.4, -0.2) is 74.1 Å². The van der Waals surface area contributed by atoms with Crippen LogP contribution >= 0.6 is 11.3 Å².